The minimum Gasteiger partial charge on any atom is -0.236 e. The maximum atomic E-state index is 6.07. The van der Waals surface area contributed by atoms with Crippen LogP contribution in [0.15, 0.2) is 38.6 Å². The quantitative estimate of drug-likeness (QED) is 0.507. The van der Waals surface area contributed by atoms with Crippen molar-refractivity contribution in [2.45, 2.75) is 20.4 Å². The number of hydrogen-bond acceptors (Lipinski definition) is 10. The van der Waals surface area contributed by atoms with Gasteiger partial charge >= 0.3 is 0 Å². The second kappa shape index (κ2) is 6.54. The number of halogens is 1. The van der Waals surface area contributed by atoms with Gasteiger partial charge in [0.05, 0.1) is 11.0 Å². The van der Waals surface area contributed by atoms with Crippen LogP contribution in [0.4, 0.5) is 0 Å². The number of tetrazole rings is 2. The van der Waals surface area contributed by atoms with Crippen LogP contribution in [0.2, 0.25) is 5.02 Å². The van der Waals surface area contributed by atoms with Gasteiger partial charge in [0.25, 0.3) is 0 Å². The fourth-order valence-corrected chi connectivity index (χ4v) is 3.72. The molecular formula is C12H9ClN10S2. The van der Waals surface area contributed by atoms with Gasteiger partial charge in [-0.25, -0.2) is 19.3 Å². The summed E-state index contributed by atoms with van der Waals surface area (Å²) < 4.78 is 3.13. The number of fused-ring (bicyclic) bond motifs is 1. The van der Waals surface area contributed by atoms with Gasteiger partial charge in [-0.3, -0.25) is 0 Å². The fraction of sp³-hybridized carbons (Fsp3) is 0.167. The molecule has 126 valence electrons. The van der Waals surface area contributed by atoms with Gasteiger partial charge < -0.3 is 0 Å². The van der Waals surface area contributed by atoms with Crippen molar-refractivity contribution in [3.63, 3.8) is 0 Å². The fourth-order valence-electron chi connectivity index (χ4n) is 1.92. The lowest BCUT2D eigenvalue weighted by atomic mass is 10.3. The Morgan fingerprint density at radius 3 is 1.92 bits per heavy atom. The Bertz CT molecular complexity index is 1060. The zero-order chi connectivity index (χ0) is 17.4. The van der Waals surface area contributed by atoms with Crippen LogP contribution in [0.3, 0.4) is 0 Å². The van der Waals surface area contributed by atoms with Gasteiger partial charge in [-0.15, -0.1) is 10.2 Å². The molecule has 13 heteroatoms. The Labute approximate surface area is 154 Å². The van der Waals surface area contributed by atoms with Crippen LogP contribution < -0.4 is 0 Å². The van der Waals surface area contributed by atoms with E-state index < -0.39 is 0 Å². The number of aryl methyl sites for hydroxylation is 2. The largest absolute Gasteiger partial charge is 0.236 e. The van der Waals surface area contributed by atoms with Crippen LogP contribution in [0.5, 0.6) is 0 Å². The number of aromatic nitrogens is 10. The van der Waals surface area contributed by atoms with Gasteiger partial charge in [-0.1, -0.05) is 11.6 Å². The number of benzene rings is 1. The average Bonchev–Trinajstić information content (AvgIpc) is 3.17. The van der Waals surface area contributed by atoms with Crippen LogP contribution in [0, 0.1) is 0 Å². The lowest BCUT2D eigenvalue weighted by Crippen LogP contribution is -1.98. The highest BCUT2D eigenvalue weighted by atomic mass is 35.5. The average molecular weight is 393 g/mol. The van der Waals surface area contributed by atoms with Crippen LogP contribution in [-0.4, -0.2) is 50.4 Å². The molecule has 0 unspecified atom stereocenters. The second-order valence-electron chi connectivity index (χ2n) is 4.84. The third-order valence-corrected chi connectivity index (χ3v) is 5.48. The van der Waals surface area contributed by atoms with Crippen molar-refractivity contribution >= 4 is 46.2 Å². The summed E-state index contributed by atoms with van der Waals surface area (Å²) in [5.41, 5.74) is 1.41. The maximum Gasteiger partial charge on any atom is 0.215 e. The Kier molecular flexibility index (Phi) is 4.23. The molecule has 0 spiro atoms. The zero-order valence-corrected chi connectivity index (χ0v) is 15.3. The smallest absolute Gasteiger partial charge is 0.215 e. The molecule has 0 amide bonds. The highest BCUT2D eigenvalue weighted by molar-refractivity contribution is 8.02. The Morgan fingerprint density at radius 2 is 1.40 bits per heavy atom. The Hall–Kier alpha value is -2.31. The molecule has 3 aromatic heterocycles. The monoisotopic (exact) mass is 392 g/mol. The highest BCUT2D eigenvalue weighted by Gasteiger charge is 2.17. The highest BCUT2D eigenvalue weighted by Crippen LogP contribution is 2.35. The van der Waals surface area contributed by atoms with Crippen molar-refractivity contribution in [2.75, 3.05) is 0 Å². The first kappa shape index (κ1) is 16.2. The molecule has 0 aliphatic carbocycles. The van der Waals surface area contributed by atoms with Crippen molar-refractivity contribution in [1.29, 1.82) is 0 Å². The molecule has 0 aliphatic heterocycles. The third kappa shape index (κ3) is 3.27. The first-order valence-corrected chi connectivity index (χ1v) is 8.89. The van der Waals surface area contributed by atoms with Crippen molar-refractivity contribution in [1.82, 2.24) is 50.4 Å². The van der Waals surface area contributed by atoms with E-state index in [0.29, 0.717) is 30.9 Å². The summed E-state index contributed by atoms with van der Waals surface area (Å²) in [4.78, 5) is 9.35. The summed E-state index contributed by atoms with van der Waals surface area (Å²) in [7, 11) is 3.52. The first-order chi connectivity index (χ1) is 12.1. The standard InChI is InChI=1S/C12H9ClN10S2/c1-22-11(16-18-20-22)24-9-10(25-12-17-19-21-23(12)2)15-8-5-6(13)3-4-7(8)14-9/h3-5H,1-2H3. The molecule has 0 saturated carbocycles. The zero-order valence-electron chi connectivity index (χ0n) is 12.9. The van der Waals surface area contributed by atoms with Crippen molar-refractivity contribution in [3.8, 4) is 0 Å². The van der Waals surface area contributed by atoms with E-state index in [1.165, 1.54) is 23.5 Å². The summed E-state index contributed by atoms with van der Waals surface area (Å²) in [6, 6.07) is 5.36. The van der Waals surface area contributed by atoms with E-state index in [9.17, 15) is 0 Å². The second-order valence-corrected chi connectivity index (χ2v) is 7.19. The van der Waals surface area contributed by atoms with Crippen molar-refractivity contribution in [3.05, 3.63) is 23.2 Å². The molecule has 3 heterocycles. The van der Waals surface area contributed by atoms with Gasteiger partial charge in [0.15, 0.2) is 0 Å². The molecule has 0 aliphatic rings. The van der Waals surface area contributed by atoms with Crippen LogP contribution in [-0.2, 0) is 14.1 Å². The summed E-state index contributed by atoms with van der Waals surface area (Å²) in [6.45, 7) is 0. The molecule has 0 fully saturated rings. The Morgan fingerprint density at radius 1 is 0.840 bits per heavy atom. The minimum atomic E-state index is 0.591. The van der Waals surface area contributed by atoms with E-state index in [4.69, 9.17) is 11.6 Å². The lowest BCUT2D eigenvalue weighted by molar-refractivity contribution is 0.662. The summed E-state index contributed by atoms with van der Waals surface area (Å²) >= 11 is 8.69. The summed E-state index contributed by atoms with van der Waals surface area (Å²) in [5.74, 6) is 0. The van der Waals surface area contributed by atoms with E-state index >= 15 is 0 Å². The maximum absolute atomic E-state index is 6.07. The molecule has 10 nitrogen and oxygen atoms in total. The molecule has 1 aromatic carbocycles. The summed E-state index contributed by atoms with van der Waals surface area (Å²) in [5, 5.41) is 26.0. The predicted octanol–water partition coefficient (Wildman–Crippen LogP) is 1.63. The molecule has 0 saturated heterocycles. The number of hydrogen-bond donors (Lipinski definition) is 0. The molecular weight excluding hydrogens is 384 g/mol. The molecule has 25 heavy (non-hydrogen) atoms. The van der Waals surface area contributed by atoms with Crippen LogP contribution >= 0.6 is 35.1 Å². The third-order valence-electron chi connectivity index (χ3n) is 3.10. The van der Waals surface area contributed by atoms with Gasteiger partial charge in [0.1, 0.15) is 10.1 Å². The predicted molar refractivity (Wildman–Crippen MR) is 90.4 cm³/mol. The van der Waals surface area contributed by atoms with E-state index in [2.05, 4.69) is 41.0 Å². The van der Waals surface area contributed by atoms with E-state index in [1.54, 1.807) is 35.6 Å². The van der Waals surface area contributed by atoms with Gasteiger partial charge in [-0.05, 0) is 62.6 Å². The topological polar surface area (TPSA) is 113 Å². The van der Waals surface area contributed by atoms with Crippen molar-refractivity contribution in [2.24, 2.45) is 14.1 Å². The normalized spacial score (nSPS) is 11.3. The van der Waals surface area contributed by atoms with Gasteiger partial charge in [0, 0.05) is 19.1 Å². The Balaban J connectivity index is 1.82. The molecule has 0 radical (unpaired) electrons. The molecule has 0 bridgehead atoms. The molecule has 4 rings (SSSR count). The van der Waals surface area contributed by atoms with E-state index in [1.807, 2.05) is 6.07 Å². The van der Waals surface area contributed by atoms with Crippen molar-refractivity contribution < 1.29 is 0 Å². The molecule has 4 aromatic rings. The SMILES string of the molecule is Cn1nnnc1Sc1nc2ccc(Cl)cc2nc1Sc1nnnn1C. The van der Waals surface area contributed by atoms with Gasteiger partial charge in [0.2, 0.25) is 10.3 Å². The van der Waals surface area contributed by atoms with E-state index in [-0.39, 0.29) is 0 Å². The number of rotatable bonds is 4. The number of nitrogens with zero attached hydrogens (tertiary/aromatic N) is 10. The van der Waals surface area contributed by atoms with Crippen LogP contribution in [0.1, 0.15) is 0 Å². The molecule has 0 atom stereocenters. The first-order valence-electron chi connectivity index (χ1n) is 6.88. The molecule has 0 N–H and O–H groups in total. The lowest BCUT2D eigenvalue weighted by Gasteiger charge is -2.07. The van der Waals surface area contributed by atoms with Crippen LogP contribution in [0.25, 0.3) is 11.0 Å². The van der Waals surface area contributed by atoms with E-state index in [0.717, 1.165) is 5.52 Å². The van der Waals surface area contributed by atoms with Gasteiger partial charge in [-0.2, -0.15) is 0 Å². The minimum absolute atomic E-state index is 0.591. The summed E-state index contributed by atoms with van der Waals surface area (Å²) in [6.07, 6.45) is 0.